The van der Waals surface area contributed by atoms with Gasteiger partial charge < -0.3 is 5.11 Å². The van der Waals surface area contributed by atoms with Crippen LogP contribution in [0.3, 0.4) is 0 Å². The number of nitrogens with zero attached hydrogens (tertiary/aromatic N) is 1. The molecule has 0 radical (unpaired) electrons. The molecule has 96 valence electrons. The number of halogens is 2. The van der Waals surface area contributed by atoms with Crippen LogP contribution in [0, 0.1) is 18.6 Å². The second-order valence-corrected chi connectivity index (χ2v) is 5.22. The van der Waals surface area contributed by atoms with Crippen LogP contribution in [0.2, 0.25) is 0 Å². The quantitative estimate of drug-likeness (QED) is 0.925. The van der Waals surface area contributed by atoms with Crippen molar-refractivity contribution in [3.8, 4) is 0 Å². The summed E-state index contributed by atoms with van der Waals surface area (Å²) in [6.45, 7) is 1.88. The number of hydrogen-bond donors (Lipinski definition) is 1. The number of hydrogen-bond acceptors (Lipinski definition) is 3. The molecule has 0 bridgehead atoms. The molecule has 2 aromatic rings. The standard InChI is InChI=1S/C13H13F2NOS/c1-8-16-11(7-18-8)6-12(17)5-9-4-10(14)2-3-13(9)15/h2-4,7,12,17H,5-6H2,1H3. The third-order valence-electron chi connectivity index (χ3n) is 2.57. The molecule has 2 nitrogen and oxygen atoms in total. The lowest BCUT2D eigenvalue weighted by atomic mass is 10.0. The first-order valence-electron chi connectivity index (χ1n) is 5.57. The lowest BCUT2D eigenvalue weighted by Crippen LogP contribution is -2.15. The SMILES string of the molecule is Cc1nc(CC(O)Cc2cc(F)ccc2F)cs1. The summed E-state index contributed by atoms with van der Waals surface area (Å²) in [5.41, 5.74) is 0.969. The maximum Gasteiger partial charge on any atom is 0.126 e. The summed E-state index contributed by atoms with van der Waals surface area (Å²) in [7, 11) is 0. The first-order chi connectivity index (χ1) is 8.54. The van der Waals surface area contributed by atoms with Gasteiger partial charge in [0.1, 0.15) is 11.6 Å². The van der Waals surface area contributed by atoms with Gasteiger partial charge in [-0.3, -0.25) is 0 Å². The lowest BCUT2D eigenvalue weighted by molar-refractivity contribution is 0.173. The molecule has 2 rings (SSSR count). The highest BCUT2D eigenvalue weighted by molar-refractivity contribution is 7.09. The Labute approximate surface area is 108 Å². The minimum absolute atomic E-state index is 0.0835. The van der Waals surface area contributed by atoms with Crippen molar-refractivity contribution in [2.75, 3.05) is 0 Å². The Kier molecular flexibility index (Phi) is 4.04. The van der Waals surface area contributed by atoms with Crippen LogP contribution in [-0.2, 0) is 12.8 Å². The molecule has 5 heteroatoms. The molecule has 1 heterocycles. The van der Waals surface area contributed by atoms with E-state index in [-0.39, 0.29) is 12.0 Å². The van der Waals surface area contributed by atoms with E-state index in [1.54, 1.807) is 0 Å². The van der Waals surface area contributed by atoms with Crippen LogP contribution in [0.5, 0.6) is 0 Å². The summed E-state index contributed by atoms with van der Waals surface area (Å²) in [5, 5.41) is 12.6. The average Bonchev–Trinajstić information content (AvgIpc) is 2.69. The smallest absolute Gasteiger partial charge is 0.126 e. The Morgan fingerprint density at radius 1 is 1.33 bits per heavy atom. The molecule has 0 aliphatic carbocycles. The van der Waals surface area contributed by atoms with Crippen LogP contribution >= 0.6 is 11.3 Å². The van der Waals surface area contributed by atoms with Gasteiger partial charge in [-0.25, -0.2) is 13.8 Å². The van der Waals surface area contributed by atoms with E-state index < -0.39 is 17.7 Å². The summed E-state index contributed by atoms with van der Waals surface area (Å²) in [5.74, 6) is -0.993. The summed E-state index contributed by atoms with van der Waals surface area (Å²) in [6, 6.07) is 3.25. The Bertz CT molecular complexity index is 542. The highest BCUT2D eigenvalue weighted by Crippen LogP contribution is 2.15. The Morgan fingerprint density at radius 2 is 2.11 bits per heavy atom. The molecule has 0 saturated heterocycles. The third kappa shape index (κ3) is 3.34. The maximum atomic E-state index is 13.4. The number of aliphatic hydroxyl groups is 1. The molecule has 1 N–H and O–H groups in total. The van der Waals surface area contributed by atoms with E-state index in [4.69, 9.17) is 0 Å². The number of aromatic nitrogens is 1. The zero-order chi connectivity index (χ0) is 13.1. The predicted molar refractivity (Wildman–Crippen MR) is 66.6 cm³/mol. The number of rotatable bonds is 4. The molecular formula is C13H13F2NOS. The van der Waals surface area contributed by atoms with Crippen molar-refractivity contribution in [1.82, 2.24) is 4.98 Å². The van der Waals surface area contributed by atoms with Crippen LogP contribution in [0.1, 0.15) is 16.3 Å². The van der Waals surface area contributed by atoms with Crippen molar-refractivity contribution in [2.45, 2.75) is 25.9 Å². The molecule has 1 aromatic carbocycles. The van der Waals surface area contributed by atoms with Gasteiger partial charge in [0, 0.05) is 18.2 Å². The fraction of sp³-hybridized carbons (Fsp3) is 0.308. The van der Waals surface area contributed by atoms with Gasteiger partial charge in [0.05, 0.1) is 16.8 Å². The Morgan fingerprint density at radius 3 is 2.78 bits per heavy atom. The molecular weight excluding hydrogens is 256 g/mol. The number of thiazole rings is 1. The molecule has 1 atom stereocenters. The van der Waals surface area contributed by atoms with Gasteiger partial charge in [-0.1, -0.05) is 0 Å². The predicted octanol–water partition coefficient (Wildman–Crippen LogP) is 2.88. The van der Waals surface area contributed by atoms with Crippen molar-refractivity contribution in [2.24, 2.45) is 0 Å². The van der Waals surface area contributed by atoms with Gasteiger partial charge in [0.2, 0.25) is 0 Å². The number of aryl methyl sites for hydroxylation is 1. The number of aliphatic hydroxyl groups excluding tert-OH is 1. The van der Waals surface area contributed by atoms with Crippen LogP contribution in [-0.4, -0.2) is 16.2 Å². The van der Waals surface area contributed by atoms with E-state index in [2.05, 4.69) is 4.98 Å². The van der Waals surface area contributed by atoms with E-state index in [0.29, 0.717) is 6.42 Å². The molecule has 0 amide bonds. The number of benzene rings is 1. The second kappa shape index (κ2) is 5.54. The van der Waals surface area contributed by atoms with Gasteiger partial charge in [-0.05, 0) is 30.7 Å². The fourth-order valence-corrected chi connectivity index (χ4v) is 2.39. The summed E-state index contributed by atoms with van der Waals surface area (Å²) >= 11 is 1.50. The van der Waals surface area contributed by atoms with Crippen LogP contribution in [0.25, 0.3) is 0 Å². The van der Waals surface area contributed by atoms with Crippen LogP contribution in [0.15, 0.2) is 23.6 Å². The van der Waals surface area contributed by atoms with Gasteiger partial charge in [-0.15, -0.1) is 11.3 Å². The zero-order valence-corrected chi connectivity index (χ0v) is 10.7. The van der Waals surface area contributed by atoms with Crippen molar-refractivity contribution < 1.29 is 13.9 Å². The normalized spacial score (nSPS) is 12.7. The van der Waals surface area contributed by atoms with E-state index in [9.17, 15) is 13.9 Å². The lowest BCUT2D eigenvalue weighted by Gasteiger charge is -2.10. The molecule has 18 heavy (non-hydrogen) atoms. The first kappa shape index (κ1) is 13.1. The first-order valence-corrected chi connectivity index (χ1v) is 6.45. The molecule has 0 fully saturated rings. The Hall–Kier alpha value is -1.33. The van der Waals surface area contributed by atoms with E-state index in [1.165, 1.54) is 11.3 Å². The minimum atomic E-state index is -0.761. The van der Waals surface area contributed by atoms with Gasteiger partial charge in [-0.2, -0.15) is 0 Å². The van der Waals surface area contributed by atoms with Crippen molar-refractivity contribution in [1.29, 1.82) is 0 Å². The van der Waals surface area contributed by atoms with Gasteiger partial charge >= 0.3 is 0 Å². The monoisotopic (exact) mass is 269 g/mol. The molecule has 1 aromatic heterocycles. The molecule has 0 spiro atoms. The van der Waals surface area contributed by atoms with Crippen molar-refractivity contribution in [3.63, 3.8) is 0 Å². The van der Waals surface area contributed by atoms with Gasteiger partial charge in [0.15, 0.2) is 0 Å². The summed E-state index contributed by atoms with van der Waals surface area (Å²) in [6.07, 6.45) is -0.330. The Balaban J connectivity index is 2.02. The second-order valence-electron chi connectivity index (χ2n) is 4.16. The highest BCUT2D eigenvalue weighted by atomic mass is 32.1. The summed E-state index contributed by atoms with van der Waals surface area (Å²) < 4.78 is 26.4. The van der Waals surface area contributed by atoms with Crippen molar-refractivity contribution in [3.05, 3.63) is 51.5 Å². The molecule has 0 saturated carbocycles. The minimum Gasteiger partial charge on any atom is -0.392 e. The highest BCUT2D eigenvalue weighted by Gasteiger charge is 2.12. The molecule has 1 unspecified atom stereocenters. The van der Waals surface area contributed by atoms with Crippen LogP contribution in [0.4, 0.5) is 8.78 Å². The van der Waals surface area contributed by atoms with Crippen molar-refractivity contribution >= 4 is 11.3 Å². The summed E-state index contributed by atoms with van der Waals surface area (Å²) in [4.78, 5) is 4.22. The van der Waals surface area contributed by atoms with E-state index >= 15 is 0 Å². The molecule has 0 aliphatic rings. The van der Waals surface area contributed by atoms with E-state index in [1.807, 2.05) is 12.3 Å². The maximum absolute atomic E-state index is 13.4. The van der Waals surface area contributed by atoms with Gasteiger partial charge in [0.25, 0.3) is 0 Å². The largest absolute Gasteiger partial charge is 0.392 e. The topological polar surface area (TPSA) is 33.1 Å². The fourth-order valence-electron chi connectivity index (χ4n) is 1.77. The molecule has 0 aliphatic heterocycles. The zero-order valence-electron chi connectivity index (χ0n) is 9.86. The van der Waals surface area contributed by atoms with Crippen LogP contribution < -0.4 is 0 Å². The third-order valence-corrected chi connectivity index (χ3v) is 3.40. The average molecular weight is 269 g/mol. The van der Waals surface area contributed by atoms with E-state index in [0.717, 1.165) is 28.9 Å².